The average molecular weight is 269 g/mol. The molecule has 4 nitrogen and oxygen atoms in total. The summed E-state index contributed by atoms with van der Waals surface area (Å²) in [5.41, 5.74) is 1.07. The first-order chi connectivity index (χ1) is 8.58. The van der Waals surface area contributed by atoms with Gasteiger partial charge in [-0.25, -0.2) is 13.1 Å². The number of nitrogens with two attached hydrogens (primary N) is 1. The molecule has 2 rings (SSSR count). The van der Waals surface area contributed by atoms with Crippen LogP contribution in [0.2, 0.25) is 0 Å². The zero-order valence-electron chi connectivity index (χ0n) is 10.7. The summed E-state index contributed by atoms with van der Waals surface area (Å²) in [7, 11) is -3.34. The minimum atomic E-state index is -3.34. The zero-order valence-corrected chi connectivity index (χ0v) is 11.5. The van der Waals surface area contributed by atoms with Crippen LogP contribution < -0.4 is 10.0 Å². The molecule has 0 unspecified atom stereocenters. The Kier molecular flexibility index (Phi) is 4.37. The Labute approximate surface area is 109 Å². The SMILES string of the molecule is Cc1ccc(S(=O)(=O)NCC2CC[NH2+]CC2)cc1. The molecule has 1 aliphatic heterocycles. The molecular formula is C13H21N2O2S+. The van der Waals surface area contributed by atoms with Crippen LogP contribution in [0, 0.1) is 12.8 Å². The van der Waals surface area contributed by atoms with Gasteiger partial charge in [-0.1, -0.05) is 17.7 Å². The summed E-state index contributed by atoms with van der Waals surface area (Å²) in [4.78, 5) is 0.357. The largest absolute Gasteiger partial charge is 0.346 e. The fourth-order valence-corrected chi connectivity index (χ4v) is 3.34. The second kappa shape index (κ2) is 5.82. The van der Waals surface area contributed by atoms with E-state index in [1.165, 1.54) is 0 Å². The Hall–Kier alpha value is -0.910. The summed E-state index contributed by atoms with van der Waals surface area (Å²) in [6, 6.07) is 6.97. The highest BCUT2D eigenvalue weighted by Crippen LogP contribution is 2.12. The van der Waals surface area contributed by atoms with Crippen LogP contribution in [0.3, 0.4) is 0 Å². The van der Waals surface area contributed by atoms with Crippen molar-refractivity contribution in [1.29, 1.82) is 0 Å². The molecule has 1 aromatic rings. The van der Waals surface area contributed by atoms with Gasteiger partial charge < -0.3 is 5.32 Å². The third-order valence-corrected chi connectivity index (χ3v) is 4.89. The molecule has 100 valence electrons. The molecule has 18 heavy (non-hydrogen) atoms. The predicted molar refractivity (Wildman–Crippen MR) is 70.8 cm³/mol. The number of benzene rings is 1. The first-order valence-corrected chi connectivity index (χ1v) is 7.94. The van der Waals surface area contributed by atoms with Gasteiger partial charge >= 0.3 is 0 Å². The number of nitrogens with one attached hydrogen (secondary N) is 1. The average Bonchev–Trinajstić information content (AvgIpc) is 2.38. The minimum Gasteiger partial charge on any atom is -0.346 e. The first kappa shape index (κ1) is 13.5. The molecule has 1 heterocycles. The lowest BCUT2D eigenvalue weighted by Crippen LogP contribution is -2.86. The Balaban J connectivity index is 1.96. The molecule has 0 radical (unpaired) electrons. The van der Waals surface area contributed by atoms with Gasteiger partial charge in [0.2, 0.25) is 10.0 Å². The van der Waals surface area contributed by atoms with Crippen molar-refractivity contribution in [2.45, 2.75) is 24.7 Å². The Morgan fingerprint density at radius 3 is 2.44 bits per heavy atom. The lowest BCUT2D eigenvalue weighted by atomic mass is 9.99. The van der Waals surface area contributed by atoms with Gasteiger partial charge in [0.25, 0.3) is 0 Å². The van der Waals surface area contributed by atoms with Gasteiger partial charge in [-0.2, -0.15) is 0 Å². The number of hydrogen-bond donors (Lipinski definition) is 2. The highest BCUT2D eigenvalue weighted by molar-refractivity contribution is 7.89. The molecular weight excluding hydrogens is 248 g/mol. The van der Waals surface area contributed by atoms with Gasteiger partial charge in [0.1, 0.15) is 0 Å². The molecule has 1 aliphatic rings. The molecule has 1 fully saturated rings. The molecule has 0 saturated carbocycles. The summed E-state index contributed by atoms with van der Waals surface area (Å²) in [6.07, 6.45) is 2.19. The number of sulfonamides is 1. The van der Waals surface area contributed by atoms with Crippen molar-refractivity contribution in [2.24, 2.45) is 5.92 Å². The molecule has 0 aromatic heterocycles. The Bertz CT molecular complexity index is 476. The molecule has 1 aromatic carbocycles. The van der Waals surface area contributed by atoms with Crippen LogP contribution in [0.25, 0.3) is 0 Å². The van der Waals surface area contributed by atoms with Crippen LogP contribution in [0.4, 0.5) is 0 Å². The van der Waals surface area contributed by atoms with Crippen molar-refractivity contribution in [2.75, 3.05) is 19.6 Å². The topological polar surface area (TPSA) is 62.8 Å². The van der Waals surface area contributed by atoms with E-state index in [9.17, 15) is 8.42 Å². The van der Waals surface area contributed by atoms with E-state index < -0.39 is 10.0 Å². The molecule has 0 spiro atoms. The molecule has 0 aliphatic carbocycles. The fourth-order valence-electron chi connectivity index (χ4n) is 2.23. The van der Waals surface area contributed by atoms with Gasteiger partial charge in [0.15, 0.2) is 0 Å². The first-order valence-electron chi connectivity index (χ1n) is 6.46. The lowest BCUT2D eigenvalue weighted by molar-refractivity contribution is -0.664. The van der Waals surface area contributed by atoms with Crippen molar-refractivity contribution >= 4 is 10.0 Å². The Morgan fingerprint density at radius 2 is 1.83 bits per heavy atom. The Morgan fingerprint density at radius 1 is 1.22 bits per heavy atom. The quantitative estimate of drug-likeness (QED) is 0.823. The van der Waals surface area contributed by atoms with Crippen molar-refractivity contribution in [1.82, 2.24) is 4.72 Å². The van der Waals surface area contributed by atoms with Crippen LogP contribution in [-0.2, 0) is 10.0 Å². The van der Waals surface area contributed by atoms with Crippen molar-refractivity contribution in [3.05, 3.63) is 29.8 Å². The molecule has 0 bridgehead atoms. The fraction of sp³-hybridized carbons (Fsp3) is 0.538. The van der Waals surface area contributed by atoms with E-state index in [1.807, 2.05) is 19.1 Å². The van der Waals surface area contributed by atoms with E-state index in [2.05, 4.69) is 10.0 Å². The third kappa shape index (κ3) is 3.54. The van der Waals surface area contributed by atoms with E-state index in [1.54, 1.807) is 12.1 Å². The van der Waals surface area contributed by atoms with Crippen LogP contribution >= 0.6 is 0 Å². The summed E-state index contributed by atoms with van der Waals surface area (Å²) < 4.78 is 26.9. The number of rotatable bonds is 4. The van der Waals surface area contributed by atoms with Crippen molar-refractivity contribution in [3.63, 3.8) is 0 Å². The predicted octanol–water partition coefficient (Wildman–Crippen LogP) is 0.247. The smallest absolute Gasteiger partial charge is 0.240 e. The highest BCUT2D eigenvalue weighted by Gasteiger charge is 2.19. The van der Waals surface area contributed by atoms with E-state index in [4.69, 9.17) is 0 Å². The molecule has 1 saturated heterocycles. The second-order valence-corrected chi connectivity index (χ2v) is 6.74. The minimum absolute atomic E-state index is 0.357. The summed E-state index contributed by atoms with van der Waals surface area (Å²) in [5.74, 6) is 0.482. The summed E-state index contributed by atoms with van der Waals surface area (Å²) >= 11 is 0. The van der Waals surface area contributed by atoms with Gasteiger partial charge in [0.05, 0.1) is 18.0 Å². The van der Waals surface area contributed by atoms with Crippen LogP contribution in [-0.4, -0.2) is 28.1 Å². The van der Waals surface area contributed by atoms with Gasteiger partial charge in [-0.15, -0.1) is 0 Å². The van der Waals surface area contributed by atoms with E-state index >= 15 is 0 Å². The summed E-state index contributed by atoms with van der Waals surface area (Å²) in [6.45, 7) is 4.72. The van der Waals surface area contributed by atoms with E-state index in [-0.39, 0.29) is 0 Å². The maximum atomic E-state index is 12.1. The number of quaternary nitrogens is 1. The lowest BCUT2D eigenvalue weighted by Gasteiger charge is -2.20. The zero-order chi connectivity index (χ0) is 13.0. The maximum absolute atomic E-state index is 12.1. The standard InChI is InChI=1S/C13H20N2O2S/c1-11-2-4-13(5-3-11)18(16,17)15-10-12-6-8-14-9-7-12/h2-5,12,14-15H,6-10H2,1H3/p+1. The van der Waals surface area contributed by atoms with Crippen LogP contribution in [0.5, 0.6) is 0 Å². The van der Waals surface area contributed by atoms with Crippen molar-refractivity contribution < 1.29 is 13.7 Å². The molecule has 0 amide bonds. The monoisotopic (exact) mass is 269 g/mol. The molecule has 0 atom stereocenters. The van der Waals surface area contributed by atoms with Gasteiger partial charge in [-0.05, 0) is 25.0 Å². The maximum Gasteiger partial charge on any atom is 0.240 e. The van der Waals surface area contributed by atoms with E-state index in [0.29, 0.717) is 17.4 Å². The van der Waals surface area contributed by atoms with Crippen molar-refractivity contribution in [3.8, 4) is 0 Å². The second-order valence-electron chi connectivity index (χ2n) is 4.97. The number of aryl methyl sites for hydroxylation is 1. The third-order valence-electron chi connectivity index (χ3n) is 3.45. The van der Waals surface area contributed by atoms with Crippen LogP contribution in [0.1, 0.15) is 18.4 Å². The van der Waals surface area contributed by atoms with E-state index in [0.717, 1.165) is 31.5 Å². The highest BCUT2D eigenvalue weighted by atomic mass is 32.2. The van der Waals surface area contributed by atoms with Gasteiger partial charge in [-0.3, -0.25) is 0 Å². The molecule has 5 heteroatoms. The number of hydrogen-bond acceptors (Lipinski definition) is 2. The number of piperidine rings is 1. The summed E-state index contributed by atoms with van der Waals surface area (Å²) in [5, 5.41) is 2.28. The normalized spacial score (nSPS) is 17.8. The molecule has 3 N–H and O–H groups in total. The van der Waals surface area contributed by atoms with Gasteiger partial charge in [0, 0.05) is 19.4 Å². The van der Waals surface area contributed by atoms with Crippen LogP contribution in [0.15, 0.2) is 29.2 Å².